The zero-order chi connectivity index (χ0) is 18.8. The molecule has 132 valence electrons. The molecule has 2 aromatic carbocycles. The third kappa shape index (κ3) is 7.23. The van der Waals surface area contributed by atoms with E-state index >= 15 is 0 Å². The van der Waals surface area contributed by atoms with Gasteiger partial charge in [0.05, 0.1) is 4.92 Å². The minimum Gasteiger partial charge on any atom is -0.473 e. The summed E-state index contributed by atoms with van der Waals surface area (Å²) in [6, 6.07) is 15.0. The third-order valence-electron chi connectivity index (χ3n) is 3.14. The average molecular weight is 346 g/mol. The predicted octanol–water partition coefficient (Wildman–Crippen LogP) is 2.35. The van der Waals surface area contributed by atoms with Crippen LogP contribution >= 0.6 is 0 Å². The number of carboxylic acid groups (broad SMARTS) is 2. The molecule has 0 aliphatic rings. The Hall–Kier alpha value is -3.26. The Balaban J connectivity index is 0.000000450. The van der Waals surface area contributed by atoms with E-state index in [0.717, 1.165) is 0 Å². The number of para-hydroxylation sites is 1. The minimum absolute atomic E-state index is 0.166. The first-order chi connectivity index (χ1) is 11.8. The van der Waals surface area contributed by atoms with Gasteiger partial charge in [-0.25, -0.2) is 9.59 Å². The van der Waals surface area contributed by atoms with Gasteiger partial charge >= 0.3 is 11.9 Å². The van der Waals surface area contributed by atoms with Crippen molar-refractivity contribution < 1.29 is 24.7 Å². The summed E-state index contributed by atoms with van der Waals surface area (Å²) in [7, 11) is 0. The van der Waals surface area contributed by atoms with E-state index in [9.17, 15) is 10.1 Å². The summed E-state index contributed by atoms with van der Waals surface area (Å²) in [4.78, 5) is 28.7. The second-order valence-electron chi connectivity index (χ2n) is 5.09. The van der Waals surface area contributed by atoms with E-state index in [0.29, 0.717) is 18.7 Å². The zero-order valence-electron chi connectivity index (χ0n) is 13.5. The first-order valence-corrected chi connectivity index (χ1v) is 7.26. The lowest BCUT2D eigenvalue weighted by molar-refractivity contribution is -0.385. The molecular formula is C17H18N2O6. The number of carboxylic acids is 2. The molecule has 0 heterocycles. The number of carbonyl (C=O) groups is 2. The number of benzene rings is 2. The molecule has 0 aliphatic heterocycles. The van der Waals surface area contributed by atoms with Crippen molar-refractivity contribution in [1.82, 2.24) is 5.32 Å². The van der Waals surface area contributed by atoms with Crippen LogP contribution in [0.2, 0.25) is 0 Å². The van der Waals surface area contributed by atoms with Gasteiger partial charge in [0.1, 0.15) is 0 Å². The van der Waals surface area contributed by atoms with Crippen molar-refractivity contribution in [3.8, 4) is 0 Å². The molecule has 25 heavy (non-hydrogen) atoms. The van der Waals surface area contributed by atoms with Crippen LogP contribution in [-0.2, 0) is 22.7 Å². The number of rotatable bonds is 5. The van der Waals surface area contributed by atoms with E-state index in [1.807, 2.05) is 13.0 Å². The van der Waals surface area contributed by atoms with Gasteiger partial charge in [-0.3, -0.25) is 10.1 Å². The van der Waals surface area contributed by atoms with Crippen LogP contribution in [0.3, 0.4) is 0 Å². The summed E-state index contributed by atoms with van der Waals surface area (Å²) < 4.78 is 0. The standard InChI is InChI=1S/C15H16N2O2.C2H2O4/c1-12-6-8-13(9-7-12)10-16-11-14-4-2-3-5-15(14)17(18)19;3-1(4)2(5)6/h2-9,16H,10-11H2,1H3;(H,3,4)(H,5,6). The molecule has 8 nitrogen and oxygen atoms in total. The summed E-state index contributed by atoms with van der Waals surface area (Å²) in [6.07, 6.45) is 0. The molecule has 0 saturated carbocycles. The fourth-order valence-corrected chi connectivity index (χ4v) is 1.89. The highest BCUT2D eigenvalue weighted by molar-refractivity contribution is 6.27. The quantitative estimate of drug-likeness (QED) is 0.430. The Bertz CT molecular complexity index is 731. The fourth-order valence-electron chi connectivity index (χ4n) is 1.89. The molecule has 3 N–H and O–H groups in total. The van der Waals surface area contributed by atoms with Crippen LogP contribution in [0, 0.1) is 17.0 Å². The molecule has 0 unspecified atom stereocenters. The molecule has 8 heteroatoms. The number of nitrogens with zero attached hydrogens (tertiary/aromatic N) is 1. The Labute approximate surface area is 143 Å². The van der Waals surface area contributed by atoms with E-state index in [-0.39, 0.29) is 10.6 Å². The van der Waals surface area contributed by atoms with Crippen molar-refractivity contribution in [2.75, 3.05) is 0 Å². The normalized spacial score (nSPS) is 9.64. The third-order valence-corrected chi connectivity index (χ3v) is 3.14. The molecular weight excluding hydrogens is 328 g/mol. The summed E-state index contributed by atoms with van der Waals surface area (Å²) in [5, 5.41) is 28.9. The zero-order valence-corrected chi connectivity index (χ0v) is 13.5. The number of nitro groups is 1. The number of nitro benzene ring substituents is 1. The monoisotopic (exact) mass is 346 g/mol. The van der Waals surface area contributed by atoms with Crippen LogP contribution in [0.15, 0.2) is 48.5 Å². The molecule has 0 bridgehead atoms. The summed E-state index contributed by atoms with van der Waals surface area (Å²) in [5.41, 5.74) is 3.27. The lowest BCUT2D eigenvalue weighted by Gasteiger charge is -2.06. The first kappa shape index (κ1) is 19.8. The van der Waals surface area contributed by atoms with E-state index in [4.69, 9.17) is 19.8 Å². The van der Waals surface area contributed by atoms with Crippen LogP contribution in [-0.4, -0.2) is 27.1 Å². The van der Waals surface area contributed by atoms with Gasteiger partial charge < -0.3 is 15.5 Å². The largest absolute Gasteiger partial charge is 0.473 e. The van der Waals surface area contributed by atoms with Crippen LogP contribution in [0.5, 0.6) is 0 Å². The van der Waals surface area contributed by atoms with Crippen molar-refractivity contribution in [2.24, 2.45) is 0 Å². The topological polar surface area (TPSA) is 130 Å². The highest BCUT2D eigenvalue weighted by Crippen LogP contribution is 2.17. The molecule has 0 saturated heterocycles. The van der Waals surface area contributed by atoms with Gasteiger partial charge in [0.15, 0.2) is 0 Å². The number of nitrogens with one attached hydrogen (secondary N) is 1. The molecule has 2 aromatic rings. The molecule has 0 aliphatic carbocycles. The fraction of sp³-hybridized carbons (Fsp3) is 0.176. The molecule has 0 atom stereocenters. The van der Waals surface area contributed by atoms with Crippen LogP contribution in [0.1, 0.15) is 16.7 Å². The highest BCUT2D eigenvalue weighted by Gasteiger charge is 2.11. The summed E-state index contributed by atoms with van der Waals surface area (Å²) in [5.74, 6) is -3.65. The Kier molecular flexibility index (Phi) is 7.74. The van der Waals surface area contributed by atoms with Gasteiger partial charge in [0, 0.05) is 24.7 Å². The Morgan fingerprint density at radius 2 is 1.56 bits per heavy atom. The number of aliphatic carboxylic acids is 2. The van der Waals surface area contributed by atoms with E-state index in [1.165, 1.54) is 17.2 Å². The second-order valence-corrected chi connectivity index (χ2v) is 5.09. The number of hydrogen-bond acceptors (Lipinski definition) is 5. The predicted molar refractivity (Wildman–Crippen MR) is 90.1 cm³/mol. The average Bonchev–Trinajstić information content (AvgIpc) is 2.57. The molecule has 0 spiro atoms. The first-order valence-electron chi connectivity index (χ1n) is 7.26. The molecule has 2 rings (SSSR count). The van der Waals surface area contributed by atoms with E-state index in [2.05, 4.69) is 29.6 Å². The van der Waals surface area contributed by atoms with Crippen LogP contribution in [0.25, 0.3) is 0 Å². The summed E-state index contributed by atoms with van der Waals surface area (Å²) in [6.45, 7) is 3.24. The molecule has 0 amide bonds. The minimum atomic E-state index is -1.82. The van der Waals surface area contributed by atoms with Crippen molar-refractivity contribution in [2.45, 2.75) is 20.0 Å². The van der Waals surface area contributed by atoms with Gasteiger partial charge in [-0.15, -0.1) is 0 Å². The van der Waals surface area contributed by atoms with Crippen molar-refractivity contribution >= 4 is 17.6 Å². The maximum Gasteiger partial charge on any atom is 0.414 e. The lowest BCUT2D eigenvalue weighted by atomic mass is 10.1. The van der Waals surface area contributed by atoms with Gasteiger partial charge in [0.25, 0.3) is 5.69 Å². The van der Waals surface area contributed by atoms with Crippen LogP contribution in [0.4, 0.5) is 5.69 Å². The van der Waals surface area contributed by atoms with E-state index in [1.54, 1.807) is 12.1 Å². The SMILES string of the molecule is Cc1ccc(CNCc2ccccc2[N+](=O)[O-])cc1.O=C(O)C(=O)O. The highest BCUT2D eigenvalue weighted by atomic mass is 16.6. The van der Waals surface area contributed by atoms with Crippen LogP contribution < -0.4 is 5.32 Å². The van der Waals surface area contributed by atoms with Gasteiger partial charge in [-0.05, 0) is 12.5 Å². The lowest BCUT2D eigenvalue weighted by Crippen LogP contribution is -2.13. The van der Waals surface area contributed by atoms with Gasteiger partial charge in [0.2, 0.25) is 0 Å². The van der Waals surface area contributed by atoms with Gasteiger partial charge in [-0.1, -0.05) is 48.0 Å². The van der Waals surface area contributed by atoms with Crippen molar-refractivity contribution in [3.63, 3.8) is 0 Å². The second kappa shape index (κ2) is 9.78. The number of hydrogen-bond donors (Lipinski definition) is 3. The summed E-state index contributed by atoms with van der Waals surface area (Å²) >= 11 is 0. The Morgan fingerprint density at radius 3 is 2.08 bits per heavy atom. The number of aryl methyl sites for hydroxylation is 1. The maximum atomic E-state index is 10.9. The molecule has 0 fully saturated rings. The van der Waals surface area contributed by atoms with Crippen molar-refractivity contribution in [1.29, 1.82) is 0 Å². The van der Waals surface area contributed by atoms with Crippen molar-refractivity contribution in [3.05, 3.63) is 75.3 Å². The maximum absolute atomic E-state index is 10.9. The van der Waals surface area contributed by atoms with Gasteiger partial charge in [-0.2, -0.15) is 0 Å². The Morgan fingerprint density at radius 1 is 1.00 bits per heavy atom. The molecule has 0 radical (unpaired) electrons. The smallest absolute Gasteiger partial charge is 0.414 e. The van der Waals surface area contributed by atoms with E-state index < -0.39 is 11.9 Å². The molecule has 0 aromatic heterocycles.